The largest absolute Gasteiger partial charge is 0.450 e. The summed E-state index contributed by atoms with van der Waals surface area (Å²) in [4.78, 5) is 28.6. The van der Waals surface area contributed by atoms with Crippen LogP contribution in [0.5, 0.6) is 0 Å². The Bertz CT molecular complexity index is 614. The Morgan fingerprint density at radius 1 is 1.16 bits per heavy atom. The normalized spacial score (nSPS) is 20.4. The molecule has 2 aliphatic heterocycles. The van der Waals surface area contributed by atoms with E-state index in [-0.39, 0.29) is 17.9 Å². The molecule has 6 heteroatoms. The van der Waals surface area contributed by atoms with Crippen molar-refractivity contribution in [3.05, 3.63) is 24.3 Å². The quantitative estimate of drug-likeness (QED) is 0.911. The van der Waals surface area contributed by atoms with Crippen LogP contribution in [0.3, 0.4) is 0 Å². The number of rotatable bonds is 4. The molecule has 0 aliphatic carbocycles. The van der Waals surface area contributed by atoms with Crippen molar-refractivity contribution in [3.63, 3.8) is 0 Å². The van der Waals surface area contributed by atoms with Gasteiger partial charge in [-0.2, -0.15) is 0 Å². The number of carbonyl (C=O) groups is 2. The molecule has 1 N–H and O–H groups in total. The fourth-order valence-electron chi connectivity index (χ4n) is 3.62. The van der Waals surface area contributed by atoms with Gasteiger partial charge in [-0.15, -0.1) is 0 Å². The average molecular weight is 345 g/mol. The van der Waals surface area contributed by atoms with Gasteiger partial charge < -0.3 is 19.9 Å². The Morgan fingerprint density at radius 2 is 1.92 bits per heavy atom. The molecular formula is C19H27N3O3. The fourth-order valence-corrected chi connectivity index (χ4v) is 3.62. The maximum absolute atomic E-state index is 12.8. The molecule has 0 bridgehead atoms. The predicted octanol–water partition coefficient (Wildman–Crippen LogP) is 3.09. The van der Waals surface area contributed by atoms with Crippen LogP contribution in [0, 0.1) is 5.92 Å². The zero-order valence-electron chi connectivity index (χ0n) is 14.9. The van der Waals surface area contributed by atoms with E-state index in [1.165, 1.54) is 12.8 Å². The second kappa shape index (κ2) is 8.23. The van der Waals surface area contributed by atoms with Crippen molar-refractivity contribution in [3.8, 4) is 0 Å². The Labute approximate surface area is 149 Å². The lowest BCUT2D eigenvalue weighted by atomic mass is 9.97. The molecule has 2 amide bonds. The van der Waals surface area contributed by atoms with Crippen LogP contribution >= 0.6 is 0 Å². The van der Waals surface area contributed by atoms with Crippen molar-refractivity contribution < 1.29 is 14.3 Å². The second-order valence-electron chi connectivity index (χ2n) is 6.68. The number of anilines is 2. The summed E-state index contributed by atoms with van der Waals surface area (Å²) >= 11 is 0. The first-order valence-corrected chi connectivity index (χ1v) is 9.25. The fraction of sp³-hybridized carbons (Fsp3) is 0.579. The monoisotopic (exact) mass is 345 g/mol. The highest BCUT2D eigenvalue weighted by molar-refractivity contribution is 5.96. The predicted molar refractivity (Wildman–Crippen MR) is 97.8 cm³/mol. The number of carbonyl (C=O) groups excluding carboxylic acids is 2. The lowest BCUT2D eigenvalue weighted by Gasteiger charge is -2.31. The highest BCUT2D eigenvalue weighted by atomic mass is 16.6. The summed E-state index contributed by atoms with van der Waals surface area (Å²) in [7, 11) is 0. The highest BCUT2D eigenvalue weighted by Crippen LogP contribution is 2.29. The molecule has 0 aromatic heterocycles. The SMILES string of the molecule is CCOC(=O)N1CCCC(C(=O)Nc2ccccc2N2CCCC2)C1. The van der Waals surface area contributed by atoms with Crippen molar-refractivity contribution in [2.24, 2.45) is 5.92 Å². The summed E-state index contributed by atoms with van der Waals surface area (Å²) in [6, 6.07) is 7.97. The van der Waals surface area contributed by atoms with Gasteiger partial charge in [-0.3, -0.25) is 4.79 Å². The van der Waals surface area contributed by atoms with Crippen molar-refractivity contribution in [1.82, 2.24) is 4.90 Å². The Balaban J connectivity index is 1.65. The summed E-state index contributed by atoms with van der Waals surface area (Å²) in [5.74, 6) is -0.203. The molecule has 1 unspecified atom stereocenters. The third-order valence-electron chi connectivity index (χ3n) is 4.93. The first-order valence-electron chi connectivity index (χ1n) is 9.25. The second-order valence-corrected chi connectivity index (χ2v) is 6.68. The van der Waals surface area contributed by atoms with Crippen LogP contribution in [0.25, 0.3) is 0 Å². The first-order chi connectivity index (χ1) is 12.2. The number of ether oxygens (including phenoxy) is 1. The Hall–Kier alpha value is -2.24. The van der Waals surface area contributed by atoms with E-state index in [9.17, 15) is 9.59 Å². The summed E-state index contributed by atoms with van der Waals surface area (Å²) in [6.45, 7) is 5.31. The van der Waals surface area contributed by atoms with Gasteiger partial charge in [-0.05, 0) is 44.7 Å². The van der Waals surface area contributed by atoms with Crippen LogP contribution < -0.4 is 10.2 Å². The standard InChI is InChI=1S/C19H27N3O3/c1-2-25-19(24)22-13-7-8-15(14-22)18(23)20-16-9-3-4-10-17(16)21-11-5-6-12-21/h3-4,9-10,15H,2,5-8,11-14H2,1H3,(H,20,23). The van der Waals surface area contributed by atoms with Gasteiger partial charge in [0, 0.05) is 26.2 Å². The van der Waals surface area contributed by atoms with E-state index in [0.717, 1.165) is 37.3 Å². The van der Waals surface area contributed by atoms with E-state index in [1.807, 2.05) is 18.2 Å². The number of likely N-dealkylation sites (tertiary alicyclic amines) is 1. The van der Waals surface area contributed by atoms with Crippen LogP contribution in [0.4, 0.5) is 16.2 Å². The number of piperidine rings is 1. The molecule has 0 spiro atoms. The average Bonchev–Trinajstić information content (AvgIpc) is 3.17. The molecular weight excluding hydrogens is 318 g/mol. The first kappa shape index (κ1) is 17.6. The molecule has 3 rings (SSSR count). The number of benzene rings is 1. The van der Waals surface area contributed by atoms with Crippen molar-refractivity contribution in [2.75, 3.05) is 43.0 Å². The number of amides is 2. The molecule has 1 aromatic carbocycles. The molecule has 25 heavy (non-hydrogen) atoms. The van der Waals surface area contributed by atoms with E-state index in [4.69, 9.17) is 4.74 Å². The minimum absolute atomic E-state index is 0.0133. The van der Waals surface area contributed by atoms with Gasteiger partial charge >= 0.3 is 6.09 Å². The lowest BCUT2D eigenvalue weighted by Crippen LogP contribution is -2.44. The lowest BCUT2D eigenvalue weighted by molar-refractivity contribution is -0.121. The summed E-state index contributed by atoms with van der Waals surface area (Å²) in [5, 5.41) is 3.09. The molecule has 0 radical (unpaired) electrons. The number of hydrogen-bond acceptors (Lipinski definition) is 4. The third kappa shape index (κ3) is 4.24. The Kier molecular flexibility index (Phi) is 5.79. The molecule has 2 aliphatic rings. The maximum atomic E-state index is 12.8. The molecule has 2 heterocycles. The number of nitrogens with one attached hydrogen (secondary N) is 1. The van der Waals surface area contributed by atoms with Crippen LogP contribution in [-0.4, -0.2) is 49.7 Å². The maximum Gasteiger partial charge on any atom is 0.409 e. The van der Waals surface area contributed by atoms with E-state index >= 15 is 0 Å². The number of hydrogen-bond donors (Lipinski definition) is 1. The van der Waals surface area contributed by atoms with Crippen molar-refractivity contribution in [1.29, 1.82) is 0 Å². The van der Waals surface area contributed by atoms with Gasteiger partial charge in [-0.1, -0.05) is 12.1 Å². The van der Waals surface area contributed by atoms with Crippen molar-refractivity contribution >= 4 is 23.4 Å². The molecule has 0 saturated carbocycles. The van der Waals surface area contributed by atoms with E-state index in [1.54, 1.807) is 11.8 Å². The van der Waals surface area contributed by atoms with Crippen LogP contribution in [-0.2, 0) is 9.53 Å². The summed E-state index contributed by atoms with van der Waals surface area (Å²) in [6.07, 6.45) is 3.69. The third-order valence-corrected chi connectivity index (χ3v) is 4.93. The molecule has 6 nitrogen and oxygen atoms in total. The number of para-hydroxylation sites is 2. The van der Waals surface area contributed by atoms with Gasteiger partial charge in [-0.25, -0.2) is 4.79 Å². The smallest absolute Gasteiger partial charge is 0.409 e. The summed E-state index contributed by atoms with van der Waals surface area (Å²) < 4.78 is 5.06. The van der Waals surface area contributed by atoms with Gasteiger partial charge in [0.2, 0.25) is 5.91 Å². The molecule has 1 aromatic rings. The van der Waals surface area contributed by atoms with Crippen molar-refractivity contribution in [2.45, 2.75) is 32.6 Å². The molecule has 1 atom stereocenters. The van der Waals surface area contributed by atoms with Gasteiger partial charge in [0.25, 0.3) is 0 Å². The van der Waals surface area contributed by atoms with Gasteiger partial charge in [0.05, 0.1) is 23.9 Å². The molecule has 2 fully saturated rings. The van der Waals surface area contributed by atoms with Gasteiger partial charge in [0.15, 0.2) is 0 Å². The van der Waals surface area contributed by atoms with E-state index in [2.05, 4.69) is 16.3 Å². The zero-order valence-corrected chi connectivity index (χ0v) is 14.9. The highest BCUT2D eigenvalue weighted by Gasteiger charge is 2.29. The van der Waals surface area contributed by atoms with Crippen LogP contribution in [0.15, 0.2) is 24.3 Å². The Morgan fingerprint density at radius 3 is 2.68 bits per heavy atom. The van der Waals surface area contributed by atoms with Crippen LogP contribution in [0.2, 0.25) is 0 Å². The van der Waals surface area contributed by atoms with Gasteiger partial charge in [0.1, 0.15) is 0 Å². The molecule has 136 valence electrons. The zero-order chi connectivity index (χ0) is 17.6. The minimum atomic E-state index is -0.322. The van der Waals surface area contributed by atoms with E-state index in [0.29, 0.717) is 19.7 Å². The van der Waals surface area contributed by atoms with E-state index < -0.39 is 0 Å². The minimum Gasteiger partial charge on any atom is -0.450 e. The summed E-state index contributed by atoms with van der Waals surface area (Å²) in [5.41, 5.74) is 1.95. The topological polar surface area (TPSA) is 61.9 Å². The number of nitrogens with zero attached hydrogens (tertiary/aromatic N) is 2. The van der Waals surface area contributed by atoms with Crippen LogP contribution in [0.1, 0.15) is 32.6 Å². The molecule has 2 saturated heterocycles.